The highest BCUT2D eigenvalue weighted by Gasteiger charge is 2.14. The molecule has 1 aromatic carbocycles. The van der Waals surface area contributed by atoms with Crippen LogP contribution in [0.2, 0.25) is 0 Å². The lowest BCUT2D eigenvalue weighted by Crippen LogP contribution is -2.15. The molecule has 2 rings (SSSR count). The fourth-order valence-corrected chi connectivity index (χ4v) is 4.01. The Morgan fingerprint density at radius 3 is 2.39 bits per heavy atom. The van der Waals surface area contributed by atoms with E-state index in [0.717, 1.165) is 11.7 Å². The van der Waals surface area contributed by atoms with Crippen LogP contribution in [0.15, 0.2) is 29.2 Å². The molecule has 0 amide bonds. The second-order valence-corrected chi connectivity index (χ2v) is 6.57. The van der Waals surface area contributed by atoms with E-state index in [0.29, 0.717) is 6.04 Å². The summed E-state index contributed by atoms with van der Waals surface area (Å²) in [6.07, 6.45) is 8.24. The van der Waals surface area contributed by atoms with Gasteiger partial charge in [0.2, 0.25) is 0 Å². The molecule has 0 bridgehead atoms. The second kappa shape index (κ2) is 7.20. The molecular formula is C16H25NS. The van der Waals surface area contributed by atoms with E-state index in [2.05, 4.69) is 48.3 Å². The van der Waals surface area contributed by atoms with Crippen molar-refractivity contribution < 1.29 is 0 Å². The standard InChI is InChI=1S/C16H25NS/c1-3-16(17-2)13-9-11-15(12-10-13)18-14-7-5-4-6-8-14/h9-12,14,16-17H,3-8H2,1-2H3. The molecule has 0 saturated heterocycles. The number of nitrogens with one attached hydrogen (secondary N) is 1. The van der Waals surface area contributed by atoms with Gasteiger partial charge in [-0.1, -0.05) is 38.3 Å². The Bertz CT molecular complexity index is 337. The first-order valence-corrected chi connectivity index (χ1v) is 8.15. The van der Waals surface area contributed by atoms with Gasteiger partial charge in [0, 0.05) is 16.2 Å². The SMILES string of the molecule is CCC(NC)c1ccc(SC2CCCCC2)cc1. The van der Waals surface area contributed by atoms with Gasteiger partial charge in [0.15, 0.2) is 0 Å². The third kappa shape index (κ3) is 3.76. The van der Waals surface area contributed by atoms with E-state index in [4.69, 9.17) is 0 Å². The lowest BCUT2D eigenvalue weighted by molar-refractivity contribution is 0.516. The highest BCUT2D eigenvalue weighted by atomic mass is 32.2. The molecule has 0 spiro atoms. The lowest BCUT2D eigenvalue weighted by Gasteiger charge is -2.21. The molecule has 0 heterocycles. The van der Waals surface area contributed by atoms with Crippen LogP contribution in [0.25, 0.3) is 0 Å². The fraction of sp³-hybridized carbons (Fsp3) is 0.625. The Balaban J connectivity index is 1.94. The first-order valence-electron chi connectivity index (χ1n) is 7.27. The molecule has 0 aromatic heterocycles. The van der Waals surface area contributed by atoms with E-state index in [1.165, 1.54) is 42.6 Å². The zero-order valence-electron chi connectivity index (χ0n) is 11.6. The minimum Gasteiger partial charge on any atom is -0.313 e. The summed E-state index contributed by atoms with van der Waals surface area (Å²) in [5, 5.41) is 4.22. The van der Waals surface area contributed by atoms with Crippen molar-refractivity contribution in [2.45, 2.75) is 61.6 Å². The first kappa shape index (κ1) is 14.0. The molecule has 1 nitrogen and oxygen atoms in total. The Morgan fingerprint density at radius 2 is 1.83 bits per heavy atom. The van der Waals surface area contributed by atoms with Gasteiger partial charge in [0.1, 0.15) is 0 Å². The van der Waals surface area contributed by atoms with Gasteiger partial charge in [0.25, 0.3) is 0 Å². The van der Waals surface area contributed by atoms with Crippen molar-refractivity contribution in [2.24, 2.45) is 0 Å². The molecule has 0 radical (unpaired) electrons. The molecule has 1 saturated carbocycles. The van der Waals surface area contributed by atoms with Gasteiger partial charge in [-0.25, -0.2) is 0 Å². The average molecular weight is 263 g/mol. The fourth-order valence-electron chi connectivity index (χ4n) is 2.76. The van der Waals surface area contributed by atoms with Gasteiger partial charge in [-0.3, -0.25) is 0 Å². The van der Waals surface area contributed by atoms with Crippen molar-refractivity contribution in [1.82, 2.24) is 5.32 Å². The van der Waals surface area contributed by atoms with Gasteiger partial charge in [-0.15, -0.1) is 11.8 Å². The van der Waals surface area contributed by atoms with Crippen LogP contribution in [-0.4, -0.2) is 12.3 Å². The van der Waals surface area contributed by atoms with Crippen LogP contribution in [0.3, 0.4) is 0 Å². The summed E-state index contributed by atoms with van der Waals surface area (Å²) in [5.74, 6) is 0. The predicted molar refractivity (Wildman–Crippen MR) is 81.3 cm³/mol. The number of hydrogen-bond acceptors (Lipinski definition) is 2. The van der Waals surface area contributed by atoms with Gasteiger partial charge >= 0.3 is 0 Å². The number of thioether (sulfide) groups is 1. The van der Waals surface area contributed by atoms with Gasteiger partial charge in [-0.05, 0) is 44.0 Å². The summed E-state index contributed by atoms with van der Waals surface area (Å²) in [6, 6.07) is 9.67. The summed E-state index contributed by atoms with van der Waals surface area (Å²) in [5.41, 5.74) is 1.41. The van der Waals surface area contributed by atoms with Crippen LogP contribution in [0, 0.1) is 0 Å². The maximum atomic E-state index is 3.36. The van der Waals surface area contributed by atoms with Gasteiger partial charge < -0.3 is 5.32 Å². The van der Waals surface area contributed by atoms with Crippen LogP contribution in [0.1, 0.15) is 57.1 Å². The van der Waals surface area contributed by atoms with E-state index in [1.807, 2.05) is 7.05 Å². The number of hydrogen-bond donors (Lipinski definition) is 1. The van der Waals surface area contributed by atoms with E-state index in [1.54, 1.807) is 0 Å². The molecule has 0 aliphatic heterocycles. The largest absolute Gasteiger partial charge is 0.313 e. The summed E-state index contributed by atoms with van der Waals surface area (Å²) >= 11 is 2.08. The molecule has 1 N–H and O–H groups in total. The maximum absolute atomic E-state index is 3.36. The number of benzene rings is 1. The minimum absolute atomic E-state index is 0.499. The van der Waals surface area contributed by atoms with Crippen molar-refractivity contribution in [3.05, 3.63) is 29.8 Å². The van der Waals surface area contributed by atoms with Crippen molar-refractivity contribution in [2.75, 3.05) is 7.05 Å². The van der Waals surface area contributed by atoms with E-state index < -0.39 is 0 Å². The predicted octanol–water partition coefficient (Wildman–Crippen LogP) is 4.78. The Hall–Kier alpha value is -0.470. The summed E-state index contributed by atoms with van der Waals surface area (Å²) in [4.78, 5) is 1.44. The smallest absolute Gasteiger partial charge is 0.0314 e. The quantitative estimate of drug-likeness (QED) is 0.820. The molecule has 1 aliphatic rings. The number of rotatable bonds is 5. The van der Waals surface area contributed by atoms with E-state index in [9.17, 15) is 0 Å². The Labute approximate surface area is 116 Å². The van der Waals surface area contributed by atoms with Crippen LogP contribution in [0.4, 0.5) is 0 Å². The molecule has 1 atom stereocenters. The van der Waals surface area contributed by atoms with Crippen LogP contribution in [0.5, 0.6) is 0 Å². The monoisotopic (exact) mass is 263 g/mol. The van der Waals surface area contributed by atoms with Crippen molar-refractivity contribution in [3.8, 4) is 0 Å². The van der Waals surface area contributed by atoms with Crippen molar-refractivity contribution in [3.63, 3.8) is 0 Å². The topological polar surface area (TPSA) is 12.0 Å². The van der Waals surface area contributed by atoms with Crippen LogP contribution < -0.4 is 5.32 Å². The Kier molecular flexibility index (Phi) is 5.58. The molecule has 2 heteroatoms. The minimum atomic E-state index is 0.499. The van der Waals surface area contributed by atoms with Crippen molar-refractivity contribution >= 4 is 11.8 Å². The highest BCUT2D eigenvalue weighted by molar-refractivity contribution is 8.00. The maximum Gasteiger partial charge on any atom is 0.0314 e. The first-order chi connectivity index (χ1) is 8.83. The lowest BCUT2D eigenvalue weighted by atomic mass is 10.0. The van der Waals surface area contributed by atoms with Crippen LogP contribution >= 0.6 is 11.8 Å². The Morgan fingerprint density at radius 1 is 1.17 bits per heavy atom. The summed E-state index contributed by atoms with van der Waals surface area (Å²) < 4.78 is 0. The van der Waals surface area contributed by atoms with E-state index >= 15 is 0 Å². The zero-order chi connectivity index (χ0) is 12.8. The van der Waals surface area contributed by atoms with Gasteiger partial charge in [-0.2, -0.15) is 0 Å². The molecule has 1 aliphatic carbocycles. The normalized spacial score (nSPS) is 18.8. The van der Waals surface area contributed by atoms with E-state index in [-0.39, 0.29) is 0 Å². The zero-order valence-corrected chi connectivity index (χ0v) is 12.4. The van der Waals surface area contributed by atoms with Gasteiger partial charge in [0.05, 0.1) is 0 Å². The average Bonchev–Trinajstić information content (AvgIpc) is 2.43. The molecule has 1 fully saturated rings. The molecule has 18 heavy (non-hydrogen) atoms. The molecule has 1 unspecified atom stereocenters. The molecular weight excluding hydrogens is 238 g/mol. The third-order valence-corrected chi connectivity index (χ3v) is 5.24. The third-order valence-electron chi connectivity index (χ3n) is 3.89. The highest BCUT2D eigenvalue weighted by Crippen LogP contribution is 2.34. The van der Waals surface area contributed by atoms with Crippen LogP contribution in [-0.2, 0) is 0 Å². The second-order valence-electron chi connectivity index (χ2n) is 5.20. The van der Waals surface area contributed by atoms with Crippen molar-refractivity contribution in [1.29, 1.82) is 0 Å². The summed E-state index contributed by atoms with van der Waals surface area (Å²) in [7, 11) is 2.04. The summed E-state index contributed by atoms with van der Waals surface area (Å²) in [6.45, 7) is 2.23. The molecule has 1 aromatic rings. The molecule has 100 valence electrons.